The van der Waals surface area contributed by atoms with Gasteiger partial charge in [-0.2, -0.15) is 0 Å². The first-order valence-electron chi connectivity index (χ1n) is 13.0. The standard InChI is InChI=1S/C35H38N2.2CH4/c1-26(2)28(5)30-17-21-34(22-18-30)36(32-13-9-7-10-14-32)25-37(33-15-11-8-12-16-33)35-23-19-31(20-24-35)29(6)27(3)4;;/h7-24H,25H2,1-6H3;2*1H4. The van der Waals surface area contributed by atoms with Crippen LogP contribution in [0.1, 0.15) is 67.5 Å². The molecule has 0 radical (unpaired) electrons. The Morgan fingerprint density at radius 2 is 0.692 bits per heavy atom. The molecule has 0 aliphatic heterocycles. The molecule has 0 atom stereocenters. The van der Waals surface area contributed by atoms with Crippen molar-refractivity contribution in [1.82, 2.24) is 0 Å². The normalized spacial score (nSPS) is 10.0. The zero-order chi connectivity index (χ0) is 26.4. The molecular formula is C37H46N2. The van der Waals surface area contributed by atoms with Gasteiger partial charge < -0.3 is 9.80 Å². The molecule has 4 aromatic carbocycles. The van der Waals surface area contributed by atoms with Crippen LogP contribution < -0.4 is 9.80 Å². The van der Waals surface area contributed by atoms with Gasteiger partial charge in [0, 0.05) is 22.7 Å². The summed E-state index contributed by atoms with van der Waals surface area (Å²) >= 11 is 0. The molecule has 4 rings (SSSR count). The molecular weight excluding hydrogens is 472 g/mol. The molecule has 0 aliphatic rings. The van der Waals surface area contributed by atoms with Gasteiger partial charge in [0.1, 0.15) is 0 Å². The largest absolute Gasteiger partial charge is 0.323 e. The van der Waals surface area contributed by atoms with E-state index in [9.17, 15) is 0 Å². The fraction of sp³-hybridized carbons (Fsp3) is 0.243. The summed E-state index contributed by atoms with van der Waals surface area (Å²) in [4.78, 5) is 4.76. The van der Waals surface area contributed by atoms with E-state index in [4.69, 9.17) is 0 Å². The Morgan fingerprint density at radius 1 is 0.410 bits per heavy atom. The van der Waals surface area contributed by atoms with Gasteiger partial charge >= 0.3 is 0 Å². The fourth-order valence-electron chi connectivity index (χ4n) is 4.34. The molecule has 0 saturated heterocycles. The number of benzene rings is 4. The first-order valence-corrected chi connectivity index (χ1v) is 13.0. The van der Waals surface area contributed by atoms with Crippen molar-refractivity contribution < 1.29 is 0 Å². The average Bonchev–Trinajstić information content (AvgIpc) is 2.94. The van der Waals surface area contributed by atoms with Crippen LogP contribution in [0.25, 0.3) is 11.1 Å². The molecule has 4 aromatic rings. The highest BCUT2D eigenvalue weighted by Gasteiger charge is 2.17. The van der Waals surface area contributed by atoms with Crippen LogP contribution in [0.4, 0.5) is 22.7 Å². The van der Waals surface area contributed by atoms with Crippen molar-refractivity contribution in [3.63, 3.8) is 0 Å². The molecule has 0 fully saturated rings. The SMILES string of the molecule is C.C.CC(C)=C(C)c1ccc(N(CN(c2ccccc2)c2ccc(C(C)=C(C)C)cc2)c2ccccc2)cc1. The smallest absolute Gasteiger partial charge is 0.0999 e. The van der Waals surface area contributed by atoms with Gasteiger partial charge in [-0.15, -0.1) is 0 Å². The first-order chi connectivity index (χ1) is 17.8. The minimum atomic E-state index is 0. The predicted octanol–water partition coefficient (Wildman–Crippen LogP) is 11.5. The lowest BCUT2D eigenvalue weighted by atomic mass is 10.0. The fourth-order valence-corrected chi connectivity index (χ4v) is 4.34. The first kappa shape index (κ1) is 31.2. The predicted molar refractivity (Wildman–Crippen MR) is 176 cm³/mol. The van der Waals surface area contributed by atoms with E-state index in [2.05, 4.69) is 161 Å². The number of hydrogen-bond acceptors (Lipinski definition) is 2. The third kappa shape index (κ3) is 7.51. The number of nitrogens with zero attached hydrogens (tertiary/aromatic N) is 2. The Bertz CT molecular complexity index is 1250. The average molecular weight is 519 g/mol. The van der Waals surface area contributed by atoms with Crippen LogP contribution in [0.15, 0.2) is 120 Å². The lowest BCUT2D eigenvalue weighted by Crippen LogP contribution is -2.32. The van der Waals surface area contributed by atoms with Gasteiger partial charge in [-0.3, -0.25) is 0 Å². The number of rotatable bonds is 8. The Hall–Kier alpha value is -4.04. The Labute approximate surface area is 237 Å². The van der Waals surface area contributed by atoms with Gasteiger partial charge in [-0.1, -0.05) is 86.7 Å². The van der Waals surface area contributed by atoms with E-state index >= 15 is 0 Å². The van der Waals surface area contributed by atoms with Crippen molar-refractivity contribution in [3.8, 4) is 0 Å². The summed E-state index contributed by atoms with van der Waals surface area (Å²) in [6.45, 7) is 13.7. The highest BCUT2D eigenvalue weighted by Crippen LogP contribution is 2.33. The second-order valence-corrected chi connectivity index (χ2v) is 10.0. The minimum absolute atomic E-state index is 0. The van der Waals surface area contributed by atoms with Gasteiger partial charge in [-0.25, -0.2) is 0 Å². The summed E-state index contributed by atoms with van der Waals surface area (Å²) in [6, 6.07) is 39.2. The highest BCUT2D eigenvalue weighted by molar-refractivity contribution is 5.74. The zero-order valence-corrected chi connectivity index (χ0v) is 23.0. The van der Waals surface area contributed by atoms with Crippen molar-refractivity contribution >= 4 is 33.9 Å². The van der Waals surface area contributed by atoms with Crippen LogP contribution in [-0.4, -0.2) is 6.67 Å². The molecule has 0 amide bonds. The molecule has 0 saturated carbocycles. The number of allylic oxidation sites excluding steroid dienone is 4. The molecule has 0 heterocycles. The van der Waals surface area contributed by atoms with Gasteiger partial charge in [-0.05, 0) is 112 Å². The summed E-state index contributed by atoms with van der Waals surface area (Å²) < 4.78 is 0. The quantitative estimate of drug-likeness (QED) is 0.214. The molecule has 0 aromatic heterocycles. The number of anilines is 4. The molecule has 0 bridgehead atoms. The van der Waals surface area contributed by atoms with E-state index in [1.54, 1.807) is 0 Å². The van der Waals surface area contributed by atoms with Crippen LogP contribution in [-0.2, 0) is 0 Å². The van der Waals surface area contributed by atoms with E-state index in [1.807, 2.05) is 0 Å². The van der Waals surface area contributed by atoms with Gasteiger partial charge in [0.15, 0.2) is 0 Å². The summed E-state index contributed by atoms with van der Waals surface area (Å²) in [5.41, 5.74) is 12.5. The second-order valence-electron chi connectivity index (χ2n) is 10.0. The van der Waals surface area contributed by atoms with Gasteiger partial charge in [0.05, 0.1) is 6.67 Å². The monoisotopic (exact) mass is 518 g/mol. The lowest BCUT2D eigenvalue weighted by Gasteiger charge is -2.34. The minimum Gasteiger partial charge on any atom is -0.323 e. The molecule has 204 valence electrons. The van der Waals surface area contributed by atoms with Crippen molar-refractivity contribution in [2.45, 2.75) is 56.4 Å². The van der Waals surface area contributed by atoms with Crippen LogP contribution in [0.3, 0.4) is 0 Å². The van der Waals surface area contributed by atoms with Gasteiger partial charge in [0.25, 0.3) is 0 Å². The van der Waals surface area contributed by atoms with Crippen LogP contribution in [0.2, 0.25) is 0 Å². The molecule has 2 nitrogen and oxygen atoms in total. The Morgan fingerprint density at radius 3 is 0.974 bits per heavy atom. The summed E-state index contributed by atoms with van der Waals surface area (Å²) in [5, 5.41) is 0. The molecule has 39 heavy (non-hydrogen) atoms. The molecule has 2 heteroatoms. The Balaban J connectivity index is 0.00000267. The third-order valence-corrected chi connectivity index (χ3v) is 7.14. The third-order valence-electron chi connectivity index (χ3n) is 7.14. The molecule has 0 spiro atoms. The van der Waals surface area contributed by atoms with Crippen LogP contribution in [0, 0.1) is 0 Å². The molecule has 0 unspecified atom stereocenters. The number of para-hydroxylation sites is 2. The molecule has 0 N–H and O–H groups in total. The van der Waals surface area contributed by atoms with E-state index in [0.717, 1.165) is 22.7 Å². The van der Waals surface area contributed by atoms with E-state index in [0.29, 0.717) is 6.67 Å². The summed E-state index contributed by atoms with van der Waals surface area (Å²) in [7, 11) is 0. The summed E-state index contributed by atoms with van der Waals surface area (Å²) in [5.74, 6) is 0. The maximum Gasteiger partial charge on any atom is 0.0999 e. The van der Waals surface area contributed by atoms with Crippen molar-refractivity contribution in [3.05, 3.63) is 131 Å². The number of hydrogen-bond donors (Lipinski definition) is 0. The van der Waals surface area contributed by atoms with Crippen molar-refractivity contribution in [2.75, 3.05) is 16.5 Å². The van der Waals surface area contributed by atoms with Crippen LogP contribution in [0.5, 0.6) is 0 Å². The van der Waals surface area contributed by atoms with Crippen LogP contribution >= 0.6 is 0 Å². The Kier molecular flexibility index (Phi) is 11.4. The maximum absolute atomic E-state index is 2.38. The second kappa shape index (κ2) is 14.2. The maximum atomic E-state index is 2.38. The van der Waals surface area contributed by atoms with Gasteiger partial charge in [0.2, 0.25) is 0 Å². The lowest BCUT2D eigenvalue weighted by molar-refractivity contribution is 0.925. The van der Waals surface area contributed by atoms with Crippen molar-refractivity contribution in [1.29, 1.82) is 0 Å². The van der Waals surface area contributed by atoms with E-state index in [-0.39, 0.29) is 14.9 Å². The zero-order valence-electron chi connectivity index (χ0n) is 23.0. The molecule has 0 aliphatic carbocycles. The van der Waals surface area contributed by atoms with E-state index < -0.39 is 0 Å². The van der Waals surface area contributed by atoms with E-state index in [1.165, 1.54) is 33.4 Å². The highest BCUT2D eigenvalue weighted by atomic mass is 15.3. The van der Waals surface area contributed by atoms with Crippen molar-refractivity contribution in [2.24, 2.45) is 0 Å². The topological polar surface area (TPSA) is 6.48 Å². The summed E-state index contributed by atoms with van der Waals surface area (Å²) in [6.07, 6.45) is 0.